The standard InChI is InChI=1S/C10H10F4O/c11-9-4-3-7(2-1-5-15)6-8(9)10(12,13)14/h3-4,6,15H,1-2,5H2. The molecule has 0 atom stereocenters. The molecule has 1 nitrogen and oxygen atoms in total. The molecular weight excluding hydrogens is 212 g/mol. The van der Waals surface area contributed by atoms with Gasteiger partial charge in [0.15, 0.2) is 0 Å². The van der Waals surface area contributed by atoms with E-state index in [-0.39, 0.29) is 6.61 Å². The summed E-state index contributed by atoms with van der Waals surface area (Å²) in [5.74, 6) is -1.27. The zero-order valence-electron chi connectivity index (χ0n) is 7.81. The molecular formula is C10H10F4O. The molecule has 0 unspecified atom stereocenters. The lowest BCUT2D eigenvalue weighted by Gasteiger charge is -2.09. The van der Waals surface area contributed by atoms with E-state index in [1.165, 1.54) is 6.07 Å². The second-order valence-electron chi connectivity index (χ2n) is 3.14. The predicted molar refractivity (Wildman–Crippen MR) is 46.8 cm³/mol. The Labute approximate surface area is 84.3 Å². The highest BCUT2D eigenvalue weighted by molar-refractivity contribution is 5.27. The molecule has 0 saturated heterocycles. The van der Waals surface area contributed by atoms with Crippen molar-refractivity contribution >= 4 is 0 Å². The summed E-state index contributed by atoms with van der Waals surface area (Å²) < 4.78 is 49.6. The average Bonchev–Trinajstić information content (AvgIpc) is 2.15. The highest BCUT2D eigenvalue weighted by atomic mass is 19.4. The van der Waals surface area contributed by atoms with Crippen LogP contribution in [0.3, 0.4) is 0 Å². The first kappa shape index (κ1) is 12.0. The van der Waals surface area contributed by atoms with Gasteiger partial charge in [-0.3, -0.25) is 0 Å². The lowest BCUT2D eigenvalue weighted by Crippen LogP contribution is -2.08. The van der Waals surface area contributed by atoms with Crippen LogP contribution in [0, 0.1) is 5.82 Å². The maximum Gasteiger partial charge on any atom is 0.419 e. The zero-order valence-corrected chi connectivity index (χ0v) is 7.81. The highest BCUT2D eigenvalue weighted by Gasteiger charge is 2.34. The molecule has 1 aromatic rings. The van der Waals surface area contributed by atoms with E-state index in [4.69, 9.17) is 5.11 Å². The minimum Gasteiger partial charge on any atom is -0.396 e. The Morgan fingerprint density at radius 1 is 1.20 bits per heavy atom. The Bertz CT molecular complexity index is 333. The Morgan fingerprint density at radius 2 is 1.87 bits per heavy atom. The fraction of sp³-hybridized carbons (Fsp3) is 0.400. The van der Waals surface area contributed by atoms with Gasteiger partial charge in [0, 0.05) is 6.61 Å². The van der Waals surface area contributed by atoms with Crippen molar-refractivity contribution in [3.05, 3.63) is 35.1 Å². The number of alkyl halides is 3. The van der Waals surface area contributed by atoms with E-state index >= 15 is 0 Å². The molecule has 5 heteroatoms. The molecule has 0 fully saturated rings. The van der Waals surface area contributed by atoms with E-state index in [0.29, 0.717) is 18.4 Å². The van der Waals surface area contributed by atoms with Crippen molar-refractivity contribution in [2.75, 3.05) is 6.61 Å². The minimum atomic E-state index is -4.67. The van der Waals surface area contributed by atoms with Gasteiger partial charge in [-0.1, -0.05) is 6.07 Å². The van der Waals surface area contributed by atoms with Crippen molar-refractivity contribution in [1.82, 2.24) is 0 Å². The molecule has 1 rings (SSSR count). The van der Waals surface area contributed by atoms with Crippen molar-refractivity contribution < 1.29 is 22.7 Å². The summed E-state index contributed by atoms with van der Waals surface area (Å²) in [4.78, 5) is 0. The lowest BCUT2D eigenvalue weighted by molar-refractivity contribution is -0.140. The van der Waals surface area contributed by atoms with Gasteiger partial charge in [-0.25, -0.2) is 4.39 Å². The quantitative estimate of drug-likeness (QED) is 0.779. The Balaban J connectivity index is 2.95. The monoisotopic (exact) mass is 222 g/mol. The van der Waals surface area contributed by atoms with Crippen LogP contribution in [-0.4, -0.2) is 11.7 Å². The minimum absolute atomic E-state index is 0.0985. The summed E-state index contributed by atoms with van der Waals surface area (Å²) in [6.45, 7) is -0.0985. The molecule has 84 valence electrons. The van der Waals surface area contributed by atoms with Crippen molar-refractivity contribution in [3.63, 3.8) is 0 Å². The normalized spacial score (nSPS) is 11.8. The fourth-order valence-electron chi connectivity index (χ4n) is 1.23. The van der Waals surface area contributed by atoms with Crippen molar-refractivity contribution in [3.8, 4) is 0 Å². The van der Waals surface area contributed by atoms with Gasteiger partial charge in [0.1, 0.15) is 5.82 Å². The van der Waals surface area contributed by atoms with E-state index in [1.807, 2.05) is 0 Å². The van der Waals surface area contributed by atoms with E-state index in [1.54, 1.807) is 0 Å². The summed E-state index contributed by atoms with van der Waals surface area (Å²) >= 11 is 0. The Morgan fingerprint density at radius 3 is 2.40 bits per heavy atom. The molecule has 15 heavy (non-hydrogen) atoms. The van der Waals surface area contributed by atoms with E-state index in [9.17, 15) is 17.6 Å². The van der Waals surface area contributed by atoms with E-state index in [2.05, 4.69) is 0 Å². The van der Waals surface area contributed by atoms with Crippen molar-refractivity contribution in [2.24, 2.45) is 0 Å². The molecule has 1 N–H and O–H groups in total. The van der Waals surface area contributed by atoms with Crippen LogP contribution in [0.25, 0.3) is 0 Å². The summed E-state index contributed by atoms with van der Waals surface area (Å²) in [6, 6.07) is 2.88. The van der Waals surface area contributed by atoms with Crippen LogP contribution in [0.1, 0.15) is 17.5 Å². The molecule has 0 aliphatic carbocycles. The number of aliphatic hydroxyl groups excluding tert-OH is 1. The van der Waals surface area contributed by atoms with Gasteiger partial charge in [-0.05, 0) is 30.5 Å². The molecule has 0 saturated carbocycles. The van der Waals surface area contributed by atoms with Crippen LogP contribution in [0.2, 0.25) is 0 Å². The molecule has 0 heterocycles. The molecule has 0 bridgehead atoms. The zero-order chi connectivity index (χ0) is 11.5. The number of benzene rings is 1. The third-order valence-electron chi connectivity index (χ3n) is 1.96. The maximum atomic E-state index is 12.8. The van der Waals surface area contributed by atoms with Gasteiger partial charge >= 0.3 is 6.18 Å². The number of halogens is 4. The van der Waals surface area contributed by atoms with Gasteiger partial charge in [-0.2, -0.15) is 13.2 Å². The second kappa shape index (κ2) is 4.61. The summed E-state index contributed by atoms with van der Waals surface area (Å²) in [5, 5.41) is 8.52. The van der Waals surface area contributed by atoms with Crippen LogP contribution >= 0.6 is 0 Å². The number of rotatable bonds is 3. The average molecular weight is 222 g/mol. The Hall–Kier alpha value is -1.10. The smallest absolute Gasteiger partial charge is 0.396 e. The Kier molecular flexibility index (Phi) is 3.68. The van der Waals surface area contributed by atoms with Crippen molar-refractivity contribution in [2.45, 2.75) is 19.0 Å². The molecule has 0 aliphatic heterocycles. The van der Waals surface area contributed by atoms with Crippen molar-refractivity contribution in [1.29, 1.82) is 0 Å². The van der Waals surface area contributed by atoms with Gasteiger partial charge < -0.3 is 5.11 Å². The highest BCUT2D eigenvalue weighted by Crippen LogP contribution is 2.32. The van der Waals surface area contributed by atoms with Crippen LogP contribution in [0.5, 0.6) is 0 Å². The first-order valence-electron chi connectivity index (χ1n) is 4.41. The third-order valence-corrected chi connectivity index (χ3v) is 1.96. The summed E-state index contributed by atoms with van der Waals surface area (Å²) in [6.07, 6.45) is -4.00. The first-order valence-corrected chi connectivity index (χ1v) is 4.41. The molecule has 0 radical (unpaired) electrons. The van der Waals surface area contributed by atoms with Gasteiger partial charge in [0.25, 0.3) is 0 Å². The van der Waals surface area contributed by atoms with Crippen LogP contribution in [-0.2, 0) is 12.6 Å². The number of aryl methyl sites for hydroxylation is 1. The molecule has 0 amide bonds. The second-order valence-corrected chi connectivity index (χ2v) is 3.14. The van der Waals surface area contributed by atoms with Gasteiger partial charge in [0.05, 0.1) is 5.56 Å². The lowest BCUT2D eigenvalue weighted by atomic mass is 10.1. The maximum absolute atomic E-state index is 12.8. The van der Waals surface area contributed by atoms with Gasteiger partial charge in [0.2, 0.25) is 0 Å². The first-order chi connectivity index (χ1) is 6.95. The van der Waals surface area contributed by atoms with E-state index < -0.39 is 17.6 Å². The predicted octanol–water partition coefficient (Wildman–Crippen LogP) is 2.77. The summed E-state index contributed by atoms with van der Waals surface area (Å²) in [7, 11) is 0. The summed E-state index contributed by atoms with van der Waals surface area (Å²) in [5.41, 5.74) is -0.879. The number of hydrogen-bond acceptors (Lipinski definition) is 1. The molecule has 0 aromatic heterocycles. The largest absolute Gasteiger partial charge is 0.419 e. The third kappa shape index (κ3) is 3.20. The van der Waals surface area contributed by atoms with Crippen LogP contribution < -0.4 is 0 Å². The van der Waals surface area contributed by atoms with E-state index in [0.717, 1.165) is 12.1 Å². The van der Waals surface area contributed by atoms with Crippen LogP contribution in [0.15, 0.2) is 18.2 Å². The molecule has 1 aromatic carbocycles. The molecule has 0 spiro atoms. The topological polar surface area (TPSA) is 20.2 Å². The van der Waals surface area contributed by atoms with Gasteiger partial charge in [-0.15, -0.1) is 0 Å². The fourth-order valence-corrected chi connectivity index (χ4v) is 1.23. The van der Waals surface area contributed by atoms with Crippen LogP contribution in [0.4, 0.5) is 17.6 Å². The number of aliphatic hydroxyl groups is 1. The number of hydrogen-bond donors (Lipinski definition) is 1. The molecule has 0 aliphatic rings. The SMILES string of the molecule is OCCCc1ccc(F)c(C(F)(F)F)c1.